The Morgan fingerprint density at radius 1 is 1.33 bits per heavy atom. The standard InChI is InChI=1S/C12H22N2O4/c1-6-9-17-18-12(4,5)14-13-11(2,3)8-7-10(15)16/h6H,1,7-9H2,2-5H3,(H,15,16). The highest BCUT2D eigenvalue weighted by atomic mass is 17.2. The van der Waals surface area contributed by atoms with E-state index >= 15 is 0 Å². The van der Waals surface area contributed by atoms with Crippen LogP contribution in [0.4, 0.5) is 0 Å². The van der Waals surface area contributed by atoms with Crippen LogP contribution < -0.4 is 0 Å². The Bertz CT molecular complexity index is 311. The summed E-state index contributed by atoms with van der Waals surface area (Å²) in [6.45, 7) is 10.8. The molecule has 0 rings (SSSR count). The normalized spacial score (nSPS) is 12.9. The van der Waals surface area contributed by atoms with Crippen LogP contribution >= 0.6 is 0 Å². The monoisotopic (exact) mass is 258 g/mol. The van der Waals surface area contributed by atoms with Crippen LogP contribution in [0, 0.1) is 0 Å². The second-order valence-corrected chi connectivity index (χ2v) is 5.01. The second kappa shape index (κ2) is 7.23. The predicted molar refractivity (Wildman–Crippen MR) is 67.1 cm³/mol. The topological polar surface area (TPSA) is 80.5 Å². The minimum absolute atomic E-state index is 0.0558. The van der Waals surface area contributed by atoms with Gasteiger partial charge >= 0.3 is 5.97 Å². The molecule has 0 aliphatic heterocycles. The van der Waals surface area contributed by atoms with Gasteiger partial charge in [0.1, 0.15) is 6.61 Å². The molecule has 0 fully saturated rings. The van der Waals surface area contributed by atoms with Gasteiger partial charge in [-0.2, -0.15) is 10.2 Å². The van der Waals surface area contributed by atoms with Crippen molar-refractivity contribution in [3.05, 3.63) is 12.7 Å². The predicted octanol–water partition coefficient (Wildman–Crippen LogP) is 2.95. The third kappa shape index (κ3) is 8.83. The van der Waals surface area contributed by atoms with Gasteiger partial charge < -0.3 is 5.11 Å². The third-order valence-corrected chi connectivity index (χ3v) is 1.96. The van der Waals surface area contributed by atoms with Crippen molar-refractivity contribution in [3.8, 4) is 0 Å². The maximum absolute atomic E-state index is 10.5. The summed E-state index contributed by atoms with van der Waals surface area (Å²) in [5, 5.41) is 16.8. The Morgan fingerprint density at radius 2 is 1.94 bits per heavy atom. The molecule has 0 spiro atoms. The van der Waals surface area contributed by atoms with Gasteiger partial charge in [0.05, 0.1) is 5.54 Å². The number of carbonyl (C=O) groups is 1. The van der Waals surface area contributed by atoms with Crippen LogP contribution in [-0.4, -0.2) is 28.9 Å². The van der Waals surface area contributed by atoms with Crippen molar-refractivity contribution >= 4 is 5.97 Å². The molecule has 0 atom stereocenters. The quantitative estimate of drug-likeness (QED) is 0.227. The molecule has 0 saturated heterocycles. The van der Waals surface area contributed by atoms with Crippen LogP contribution in [0.1, 0.15) is 40.5 Å². The molecule has 18 heavy (non-hydrogen) atoms. The van der Waals surface area contributed by atoms with E-state index in [-0.39, 0.29) is 13.0 Å². The Hall–Kier alpha value is -1.27. The van der Waals surface area contributed by atoms with E-state index in [9.17, 15) is 4.79 Å². The number of hydrogen-bond donors (Lipinski definition) is 1. The van der Waals surface area contributed by atoms with Crippen molar-refractivity contribution in [1.82, 2.24) is 0 Å². The molecule has 0 saturated carbocycles. The lowest BCUT2D eigenvalue weighted by Crippen LogP contribution is -2.24. The molecule has 0 radical (unpaired) electrons. The van der Waals surface area contributed by atoms with Gasteiger partial charge in [0, 0.05) is 6.42 Å². The van der Waals surface area contributed by atoms with E-state index in [1.54, 1.807) is 19.9 Å². The largest absolute Gasteiger partial charge is 0.481 e. The lowest BCUT2D eigenvalue weighted by Gasteiger charge is -2.21. The maximum Gasteiger partial charge on any atom is 0.303 e. The van der Waals surface area contributed by atoms with Crippen molar-refractivity contribution < 1.29 is 19.7 Å². The van der Waals surface area contributed by atoms with Crippen molar-refractivity contribution in [2.24, 2.45) is 10.2 Å². The summed E-state index contributed by atoms with van der Waals surface area (Å²) in [5.41, 5.74) is -1.46. The van der Waals surface area contributed by atoms with Crippen molar-refractivity contribution in [2.45, 2.75) is 51.8 Å². The van der Waals surface area contributed by atoms with Crippen molar-refractivity contribution in [3.63, 3.8) is 0 Å². The summed E-state index contributed by atoms with van der Waals surface area (Å²) in [7, 11) is 0. The minimum Gasteiger partial charge on any atom is -0.481 e. The van der Waals surface area contributed by atoms with E-state index < -0.39 is 17.2 Å². The molecule has 6 nitrogen and oxygen atoms in total. The van der Waals surface area contributed by atoms with Gasteiger partial charge in [-0.3, -0.25) is 4.79 Å². The van der Waals surface area contributed by atoms with Crippen LogP contribution in [0.3, 0.4) is 0 Å². The van der Waals surface area contributed by atoms with E-state index in [2.05, 4.69) is 16.8 Å². The minimum atomic E-state index is -0.913. The Labute approximate surface area is 108 Å². The van der Waals surface area contributed by atoms with Crippen LogP contribution in [0.25, 0.3) is 0 Å². The molecule has 0 amide bonds. The first-order chi connectivity index (χ1) is 8.18. The second-order valence-electron chi connectivity index (χ2n) is 5.01. The number of hydrogen-bond acceptors (Lipinski definition) is 5. The van der Waals surface area contributed by atoms with Gasteiger partial charge in [-0.15, -0.1) is 6.58 Å². The molecule has 0 aromatic heterocycles. The Balaban J connectivity index is 4.31. The van der Waals surface area contributed by atoms with Gasteiger partial charge in [-0.05, 0) is 34.1 Å². The number of rotatable bonds is 9. The van der Waals surface area contributed by atoms with Crippen LogP contribution in [0.15, 0.2) is 22.9 Å². The van der Waals surface area contributed by atoms with E-state index in [0.717, 1.165) is 0 Å². The first-order valence-corrected chi connectivity index (χ1v) is 5.76. The fraction of sp³-hybridized carbons (Fsp3) is 0.750. The third-order valence-electron chi connectivity index (χ3n) is 1.96. The first kappa shape index (κ1) is 16.7. The highest BCUT2D eigenvalue weighted by Crippen LogP contribution is 2.21. The molecule has 104 valence electrons. The molecule has 0 unspecified atom stereocenters. The first-order valence-electron chi connectivity index (χ1n) is 5.76. The molecular weight excluding hydrogens is 236 g/mol. The number of aliphatic carboxylic acids is 1. The maximum atomic E-state index is 10.5. The molecule has 0 heterocycles. The highest BCUT2D eigenvalue weighted by molar-refractivity contribution is 5.66. The van der Waals surface area contributed by atoms with Crippen molar-refractivity contribution in [2.75, 3.05) is 6.61 Å². The Kier molecular flexibility index (Phi) is 6.72. The van der Waals surface area contributed by atoms with E-state index in [0.29, 0.717) is 6.42 Å². The van der Waals surface area contributed by atoms with Crippen LogP contribution in [-0.2, 0) is 14.6 Å². The van der Waals surface area contributed by atoms with Gasteiger partial charge in [-0.25, -0.2) is 9.78 Å². The average molecular weight is 258 g/mol. The summed E-state index contributed by atoms with van der Waals surface area (Å²) >= 11 is 0. The number of carboxylic acid groups (broad SMARTS) is 1. The molecule has 0 aliphatic carbocycles. The number of nitrogens with zero attached hydrogens (tertiary/aromatic N) is 2. The zero-order valence-electron chi connectivity index (χ0n) is 11.5. The highest BCUT2D eigenvalue weighted by Gasteiger charge is 2.23. The zero-order chi connectivity index (χ0) is 14.2. The van der Waals surface area contributed by atoms with E-state index in [1.165, 1.54) is 0 Å². The summed E-state index contributed by atoms with van der Waals surface area (Å²) < 4.78 is 0. The molecule has 0 aromatic rings. The number of carboxylic acids is 1. The zero-order valence-corrected chi connectivity index (χ0v) is 11.5. The molecular formula is C12H22N2O4. The average Bonchev–Trinajstić information content (AvgIpc) is 2.25. The summed E-state index contributed by atoms with van der Waals surface area (Å²) in [5.74, 6) is -0.844. The molecule has 0 aromatic carbocycles. The summed E-state index contributed by atoms with van der Waals surface area (Å²) in [6.07, 6.45) is 2.03. The molecule has 1 N–H and O–H groups in total. The summed E-state index contributed by atoms with van der Waals surface area (Å²) in [6, 6.07) is 0. The van der Waals surface area contributed by atoms with Gasteiger partial charge in [0.25, 0.3) is 0 Å². The van der Waals surface area contributed by atoms with Crippen LogP contribution in [0.5, 0.6) is 0 Å². The van der Waals surface area contributed by atoms with Gasteiger partial charge in [-0.1, -0.05) is 6.08 Å². The Morgan fingerprint density at radius 3 is 2.44 bits per heavy atom. The number of azo groups is 1. The smallest absolute Gasteiger partial charge is 0.303 e. The SMILES string of the molecule is C=CCOOC(C)(C)N=NC(C)(C)CCC(=O)O. The van der Waals surface area contributed by atoms with E-state index in [4.69, 9.17) is 14.9 Å². The molecule has 0 bridgehead atoms. The van der Waals surface area contributed by atoms with Crippen molar-refractivity contribution in [1.29, 1.82) is 0 Å². The molecule has 0 aliphatic rings. The molecule has 6 heteroatoms. The summed E-state index contributed by atoms with van der Waals surface area (Å²) in [4.78, 5) is 20.4. The van der Waals surface area contributed by atoms with Crippen LogP contribution in [0.2, 0.25) is 0 Å². The fourth-order valence-corrected chi connectivity index (χ4v) is 0.962. The van der Waals surface area contributed by atoms with Gasteiger partial charge in [0.2, 0.25) is 5.72 Å². The lowest BCUT2D eigenvalue weighted by molar-refractivity contribution is -0.346. The van der Waals surface area contributed by atoms with E-state index in [1.807, 2.05) is 13.8 Å². The lowest BCUT2D eigenvalue weighted by atomic mass is 10.00. The van der Waals surface area contributed by atoms with Gasteiger partial charge in [0.15, 0.2) is 0 Å². The fourth-order valence-electron chi connectivity index (χ4n) is 0.962.